The lowest BCUT2D eigenvalue weighted by Gasteiger charge is -2.22. The Morgan fingerprint density at radius 2 is 1.94 bits per heavy atom. The van der Waals surface area contributed by atoms with Gasteiger partial charge in [0.1, 0.15) is 5.69 Å². The monoisotopic (exact) mass is 248 g/mol. The smallest absolute Gasteiger partial charge is 0.337 e. The number of amides is 1. The normalized spacial score (nSPS) is 16.2. The van der Waals surface area contributed by atoms with Crippen LogP contribution in [0.25, 0.3) is 0 Å². The Labute approximate surface area is 105 Å². The van der Waals surface area contributed by atoms with Gasteiger partial charge in [-0.3, -0.25) is 9.78 Å². The number of aromatic carboxylic acids is 1. The van der Waals surface area contributed by atoms with Crippen LogP contribution in [0.2, 0.25) is 0 Å². The van der Waals surface area contributed by atoms with E-state index in [-0.39, 0.29) is 23.2 Å². The molecule has 2 N–H and O–H groups in total. The molecule has 0 radical (unpaired) electrons. The Morgan fingerprint density at radius 1 is 1.22 bits per heavy atom. The fourth-order valence-electron chi connectivity index (χ4n) is 2.16. The van der Waals surface area contributed by atoms with Gasteiger partial charge in [-0.1, -0.05) is 19.3 Å². The van der Waals surface area contributed by atoms with Gasteiger partial charge in [-0.25, -0.2) is 4.79 Å². The van der Waals surface area contributed by atoms with E-state index >= 15 is 0 Å². The van der Waals surface area contributed by atoms with Gasteiger partial charge in [-0.15, -0.1) is 0 Å². The second-order valence-corrected chi connectivity index (χ2v) is 4.55. The lowest BCUT2D eigenvalue weighted by Crippen LogP contribution is -2.36. The van der Waals surface area contributed by atoms with Crippen molar-refractivity contribution < 1.29 is 14.7 Å². The average molecular weight is 248 g/mol. The summed E-state index contributed by atoms with van der Waals surface area (Å²) in [5.41, 5.74) is 0.356. The Balaban J connectivity index is 1.97. The van der Waals surface area contributed by atoms with E-state index in [0.717, 1.165) is 25.7 Å². The highest BCUT2D eigenvalue weighted by Gasteiger charge is 2.17. The number of rotatable bonds is 3. The molecule has 0 spiro atoms. The summed E-state index contributed by atoms with van der Waals surface area (Å²) >= 11 is 0. The molecule has 1 amide bonds. The molecule has 0 saturated heterocycles. The first-order valence-corrected chi connectivity index (χ1v) is 6.17. The zero-order valence-electron chi connectivity index (χ0n) is 10.1. The predicted octanol–water partition coefficient (Wildman–Crippen LogP) is 1.84. The standard InChI is InChI=1S/C13H16N2O3/c16-12(15-10-4-2-1-3-5-10)11-7-6-9(8-14-11)13(17)18/h6-8,10H,1-5H2,(H,15,16)(H,17,18). The maximum absolute atomic E-state index is 11.9. The van der Waals surface area contributed by atoms with Gasteiger partial charge in [0.2, 0.25) is 0 Å². The number of hydrogen-bond acceptors (Lipinski definition) is 3. The largest absolute Gasteiger partial charge is 0.478 e. The molecule has 18 heavy (non-hydrogen) atoms. The summed E-state index contributed by atoms with van der Waals surface area (Å²) in [6, 6.07) is 3.07. The van der Waals surface area contributed by atoms with E-state index < -0.39 is 5.97 Å². The molecular weight excluding hydrogens is 232 g/mol. The summed E-state index contributed by atoms with van der Waals surface area (Å²) in [5, 5.41) is 11.7. The predicted molar refractivity (Wildman–Crippen MR) is 65.5 cm³/mol. The van der Waals surface area contributed by atoms with Gasteiger partial charge < -0.3 is 10.4 Å². The zero-order chi connectivity index (χ0) is 13.0. The third kappa shape index (κ3) is 3.06. The Morgan fingerprint density at radius 3 is 2.50 bits per heavy atom. The molecule has 0 aliphatic heterocycles. The van der Waals surface area contributed by atoms with Crippen LogP contribution in [-0.4, -0.2) is 28.0 Å². The van der Waals surface area contributed by atoms with Crippen molar-refractivity contribution in [3.63, 3.8) is 0 Å². The number of carboxylic acids is 1. The number of carboxylic acid groups (broad SMARTS) is 1. The molecule has 1 aliphatic carbocycles. The lowest BCUT2D eigenvalue weighted by molar-refractivity contribution is 0.0695. The van der Waals surface area contributed by atoms with Crippen LogP contribution in [0.5, 0.6) is 0 Å². The molecule has 1 fully saturated rings. The second-order valence-electron chi connectivity index (χ2n) is 4.55. The minimum absolute atomic E-state index is 0.0872. The number of hydrogen-bond donors (Lipinski definition) is 2. The molecule has 0 bridgehead atoms. The number of nitrogens with zero attached hydrogens (tertiary/aromatic N) is 1. The zero-order valence-corrected chi connectivity index (χ0v) is 10.1. The van der Waals surface area contributed by atoms with Crippen LogP contribution in [-0.2, 0) is 0 Å². The number of pyridine rings is 1. The van der Waals surface area contributed by atoms with Gasteiger partial charge in [0.05, 0.1) is 5.56 Å². The molecule has 5 heteroatoms. The van der Waals surface area contributed by atoms with E-state index in [9.17, 15) is 9.59 Å². The second kappa shape index (κ2) is 5.62. The highest BCUT2D eigenvalue weighted by Crippen LogP contribution is 2.17. The molecule has 2 rings (SSSR count). The molecule has 1 saturated carbocycles. The minimum Gasteiger partial charge on any atom is -0.478 e. The van der Waals surface area contributed by atoms with Crippen molar-refractivity contribution in [3.05, 3.63) is 29.6 Å². The van der Waals surface area contributed by atoms with E-state index in [2.05, 4.69) is 10.3 Å². The SMILES string of the molecule is O=C(O)c1ccc(C(=O)NC2CCCCC2)nc1. The molecule has 1 heterocycles. The van der Waals surface area contributed by atoms with E-state index in [1.165, 1.54) is 24.8 Å². The summed E-state index contributed by atoms with van der Waals surface area (Å²) in [7, 11) is 0. The molecule has 1 aliphatic rings. The Hall–Kier alpha value is -1.91. The van der Waals surface area contributed by atoms with Crippen molar-refractivity contribution in [2.24, 2.45) is 0 Å². The lowest BCUT2D eigenvalue weighted by atomic mass is 9.95. The fraction of sp³-hybridized carbons (Fsp3) is 0.462. The number of carbonyl (C=O) groups is 2. The first-order valence-electron chi connectivity index (χ1n) is 6.17. The average Bonchev–Trinajstić information content (AvgIpc) is 2.40. The molecule has 0 unspecified atom stereocenters. The van der Waals surface area contributed by atoms with Crippen LogP contribution in [0, 0.1) is 0 Å². The molecule has 0 atom stereocenters. The van der Waals surface area contributed by atoms with Gasteiger partial charge in [-0.05, 0) is 25.0 Å². The number of carbonyl (C=O) groups excluding carboxylic acids is 1. The third-order valence-electron chi connectivity index (χ3n) is 3.18. The maximum atomic E-state index is 11.9. The maximum Gasteiger partial charge on any atom is 0.337 e. The summed E-state index contributed by atoms with van der Waals surface area (Å²) in [6.07, 6.45) is 6.76. The Kier molecular flexibility index (Phi) is 3.92. The van der Waals surface area contributed by atoms with Gasteiger partial charge in [0.15, 0.2) is 0 Å². The van der Waals surface area contributed by atoms with E-state index in [0.29, 0.717) is 0 Å². The first kappa shape index (κ1) is 12.5. The van der Waals surface area contributed by atoms with E-state index in [4.69, 9.17) is 5.11 Å². The third-order valence-corrected chi connectivity index (χ3v) is 3.18. The molecule has 1 aromatic rings. The van der Waals surface area contributed by atoms with Crippen molar-refractivity contribution in [2.75, 3.05) is 0 Å². The molecular formula is C13H16N2O3. The van der Waals surface area contributed by atoms with Crippen LogP contribution < -0.4 is 5.32 Å². The highest BCUT2D eigenvalue weighted by atomic mass is 16.4. The fourth-order valence-corrected chi connectivity index (χ4v) is 2.16. The van der Waals surface area contributed by atoms with Crippen LogP contribution in [0.1, 0.15) is 53.0 Å². The van der Waals surface area contributed by atoms with Crippen molar-refractivity contribution >= 4 is 11.9 Å². The number of nitrogens with one attached hydrogen (secondary N) is 1. The van der Waals surface area contributed by atoms with Crippen molar-refractivity contribution in [1.29, 1.82) is 0 Å². The Bertz CT molecular complexity index is 436. The van der Waals surface area contributed by atoms with Gasteiger partial charge in [-0.2, -0.15) is 0 Å². The number of aromatic nitrogens is 1. The van der Waals surface area contributed by atoms with Gasteiger partial charge >= 0.3 is 5.97 Å². The molecule has 5 nitrogen and oxygen atoms in total. The highest BCUT2D eigenvalue weighted by molar-refractivity contribution is 5.93. The van der Waals surface area contributed by atoms with Crippen molar-refractivity contribution in [2.45, 2.75) is 38.1 Å². The summed E-state index contributed by atoms with van der Waals surface area (Å²) in [6.45, 7) is 0. The first-order chi connectivity index (χ1) is 8.66. The summed E-state index contributed by atoms with van der Waals surface area (Å²) in [5.74, 6) is -1.26. The van der Waals surface area contributed by atoms with Gasteiger partial charge in [0.25, 0.3) is 5.91 Å². The molecule has 0 aromatic carbocycles. The molecule has 96 valence electrons. The summed E-state index contributed by atoms with van der Waals surface area (Å²) in [4.78, 5) is 26.4. The minimum atomic E-state index is -1.04. The topological polar surface area (TPSA) is 79.3 Å². The van der Waals surface area contributed by atoms with E-state index in [1.54, 1.807) is 0 Å². The summed E-state index contributed by atoms with van der Waals surface area (Å²) < 4.78 is 0. The van der Waals surface area contributed by atoms with Crippen LogP contribution in [0.15, 0.2) is 18.3 Å². The quantitative estimate of drug-likeness (QED) is 0.855. The van der Waals surface area contributed by atoms with Crippen molar-refractivity contribution in [3.8, 4) is 0 Å². The van der Waals surface area contributed by atoms with Crippen molar-refractivity contribution in [1.82, 2.24) is 10.3 Å². The van der Waals surface area contributed by atoms with E-state index in [1.807, 2.05) is 0 Å². The van der Waals surface area contributed by atoms with Gasteiger partial charge in [0, 0.05) is 12.2 Å². The molecule has 1 aromatic heterocycles. The van der Waals surface area contributed by atoms with Crippen LogP contribution in [0.4, 0.5) is 0 Å². The van der Waals surface area contributed by atoms with Crippen LogP contribution in [0.3, 0.4) is 0 Å². The van der Waals surface area contributed by atoms with Crippen LogP contribution >= 0.6 is 0 Å².